The zero-order valence-corrected chi connectivity index (χ0v) is 43.0. The number of alkyl carbamates (subject to hydrolysis) is 1. The monoisotopic (exact) mass is 1000 g/mol. The molecule has 6 aromatic rings. The quantitative estimate of drug-likeness (QED) is 0.108. The number of carbonyl (C=O) groups is 3. The van der Waals surface area contributed by atoms with Gasteiger partial charge in [0.05, 0.1) is 29.5 Å². The zero-order valence-electron chi connectivity index (χ0n) is 43.0. The molecule has 73 heavy (non-hydrogen) atoms. The third-order valence-corrected chi connectivity index (χ3v) is 13.7. The number of aromatic nitrogens is 8. The van der Waals surface area contributed by atoms with Crippen LogP contribution in [0.4, 0.5) is 16.4 Å². The number of nitrogens with zero attached hydrogens (tertiary/aromatic N) is 11. The number of likely N-dealkylation sites (tertiary alicyclic amines) is 1. The second-order valence-electron chi connectivity index (χ2n) is 20.4. The summed E-state index contributed by atoms with van der Waals surface area (Å²) >= 11 is 0. The second kappa shape index (κ2) is 23.9. The van der Waals surface area contributed by atoms with E-state index in [4.69, 9.17) is 35.7 Å². The number of amides is 2. The highest BCUT2D eigenvalue weighted by Crippen LogP contribution is 2.33. The molecule has 0 radical (unpaired) electrons. The van der Waals surface area contributed by atoms with Gasteiger partial charge < -0.3 is 40.9 Å². The Hall–Kier alpha value is -6.73. The normalized spacial score (nSPS) is 19.9. The molecule has 0 spiro atoms. The van der Waals surface area contributed by atoms with Gasteiger partial charge >= 0.3 is 12.1 Å². The number of aryl methyl sites for hydroxylation is 4. The van der Waals surface area contributed by atoms with Crippen molar-refractivity contribution in [2.75, 3.05) is 49.1 Å². The van der Waals surface area contributed by atoms with E-state index < -0.39 is 11.6 Å². The van der Waals surface area contributed by atoms with Crippen molar-refractivity contribution in [3.8, 4) is 0 Å². The summed E-state index contributed by atoms with van der Waals surface area (Å²) in [6, 6.07) is 11.9. The minimum absolute atomic E-state index is 0. The van der Waals surface area contributed by atoms with E-state index in [9.17, 15) is 14.4 Å². The third-order valence-electron chi connectivity index (χ3n) is 13.7. The van der Waals surface area contributed by atoms with Gasteiger partial charge in [0.25, 0.3) is 5.91 Å². The lowest BCUT2D eigenvalue weighted by atomic mass is 9.98. The number of piperidine rings is 2. The van der Waals surface area contributed by atoms with Crippen molar-refractivity contribution < 1.29 is 24.2 Å². The van der Waals surface area contributed by atoms with E-state index in [0.29, 0.717) is 11.7 Å². The number of nitrogens with two attached hydrogens (primary N) is 1. The molecule has 392 valence electrons. The van der Waals surface area contributed by atoms with Crippen LogP contribution in [0, 0.1) is 13.8 Å². The van der Waals surface area contributed by atoms with Crippen molar-refractivity contribution in [3.05, 3.63) is 106 Å². The summed E-state index contributed by atoms with van der Waals surface area (Å²) in [7, 11) is 0. The van der Waals surface area contributed by atoms with Crippen molar-refractivity contribution in [1.82, 2.24) is 54.7 Å². The van der Waals surface area contributed by atoms with Gasteiger partial charge in [-0.05, 0) is 134 Å². The van der Waals surface area contributed by atoms with Gasteiger partial charge in [-0.15, -0.1) is 0 Å². The first kappa shape index (κ1) is 54.1. The van der Waals surface area contributed by atoms with Gasteiger partial charge in [0.1, 0.15) is 28.6 Å². The molecule has 0 bridgehead atoms. The minimum atomic E-state index is -0.972. The van der Waals surface area contributed by atoms with Crippen LogP contribution in [0.25, 0.3) is 11.3 Å². The van der Waals surface area contributed by atoms with Gasteiger partial charge in [-0.25, -0.2) is 33.6 Å². The fraction of sp³-hybridized carbons (Fsp3) is 0.537. The highest BCUT2D eigenvalue weighted by atomic mass is 16.6. The first-order chi connectivity index (χ1) is 34.5. The largest absolute Gasteiger partial charge is 0.477 e. The number of carboxylic acids is 1. The van der Waals surface area contributed by atoms with E-state index in [2.05, 4.69) is 63.4 Å². The number of nitrogens with one attached hydrogen (secondary N) is 2. The molecule has 4 atom stereocenters. The van der Waals surface area contributed by atoms with Crippen LogP contribution in [-0.4, -0.2) is 124 Å². The maximum absolute atomic E-state index is 13.4. The third kappa shape index (κ3) is 13.5. The van der Waals surface area contributed by atoms with Gasteiger partial charge in [-0.1, -0.05) is 27.7 Å². The molecule has 4 aliphatic heterocycles. The molecule has 5 N–H and O–H groups in total. The summed E-state index contributed by atoms with van der Waals surface area (Å²) in [6.07, 6.45) is 17.1. The maximum atomic E-state index is 13.4. The molecule has 6 aromatic heterocycles. The molecular weight excluding hydrogens is 925 g/mol. The van der Waals surface area contributed by atoms with Gasteiger partial charge in [0, 0.05) is 86.8 Å². The summed E-state index contributed by atoms with van der Waals surface area (Å²) in [5, 5.41) is 24.7. The smallest absolute Gasteiger partial charge is 0.407 e. The van der Waals surface area contributed by atoms with Crippen LogP contribution in [0.2, 0.25) is 0 Å². The number of ether oxygens (including phenoxy) is 1. The molecular formula is C54H76N14O5. The fourth-order valence-corrected chi connectivity index (χ4v) is 9.89. The Morgan fingerprint density at radius 2 is 1.36 bits per heavy atom. The highest BCUT2D eigenvalue weighted by Gasteiger charge is 2.33. The summed E-state index contributed by atoms with van der Waals surface area (Å²) < 4.78 is 9.11. The highest BCUT2D eigenvalue weighted by molar-refractivity contribution is 5.93. The topological polar surface area (TPSA) is 227 Å². The molecule has 19 heteroatoms. The SMILES string of the molecule is C.CCc1ccnc(C(=O)N2CCCC[C@H]2c2cc3nc(N4CC[C@H](N)C4)c(C)cn3n2)c1.CCc1ccnc(C(=O)O)c1.Cc1cn2nc([C@@H]3CCCCN3)cc2nc1N1CC[C@H](NC(=O)OC(C)(C)C)C1. The van der Waals surface area contributed by atoms with E-state index in [1.165, 1.54) is 19.0 Å². The molecule has 2 amide bonds. The first-order valence-electron chi connectivity index (χ1n) is 25.7. The van der Waals surface area contributed by atoms with E-state index in [0.717, 1.165) is 147 Å². The summed E-state index contributed by atoms with van der Waals surface area (Å²) in [5.74, 6) is 0.960. The maximum Gasteiger partial charge on any atom is 0.407 e. The average molecular weight is 1000 g/mol. The van der Waals surface area contributed by atoms with Crippen molar-refractivity contribution in [2.24, 2.45) is 5.73 Å². The molecule has 0 unspecified atom stereocenters. The standard InChI is InChI=1S/C24H31N7O.C21H32N6O2.C8H9NO2.CH4/c1-3-17-7-9-26-20(12-17)24(32)30-10-5-4-6-21(30)19-13-22-27-23(16(2)14-31(22)28-19)29-11-8-18(25)15-29;1-14-12-27-18(11-17(25-27)16-7-5-6-9-22-16)24-19(14)26-10-8-15(13-26)23-20(28)29-21(2,3)4;1-2-6-3-4-9-7(5-6)8(10)11;/h7,9,12-14,18,21H,3-6,8,10-11,15,25H2,1-2H3;11-12,15-16,22H,5-10,13H2,1-4H3,(H,23,28);3-5H,2H2,1H3,(H,10,11);1H4/t18-,21-;15-,16-;;/m00../s1. The summed E-state index contributed by atoms with van der Waals surface area (Å²) in [5.41, 5.74) is 14.2. The Morgan fingerprint density at radius 1 is 0.767 bits per heavy atom. The molecule has 0 aromatic carbocycles. The second-order valence-corrected chi connectivity index (χ2v) is 20.4. The number of pyridine rings is 2. The van der Waals surface area contributed by atoms with Crippen LogP contribution >= 0.6 is 0 Å². The number of hydrogen-bond donors (Lipinski definition) is 4. The van der Waals surface area contributed by atoms with Crippen LogP contribution in [-0.2, 0) is 17.6 Å². The molecule has 0 saturated carbocycles. The van der Waals surface area contributed by atoms with E-state index in [1.54, 1.807) is 12.3 Å². The van der Waals surface area contributed by atoms with E-state index in [-0.39, 0.29) is 43.2 Å². The lowest BCUT2D eigenvalue weighted by molar-refractivity contribution is 0.0507. The fourth-order valence-electron chi connectivity index (χ4n) is 9.89. The average Bonchev–Trinajstić information content (AvgIpc) is 4.20. The number of carbonyl (C=O) groups excluding carboxylic acids is 2. The van der Waals surface area contributed by atoms with Crippen molar-refractivity contribution in [2.45, 2.75) is 150 Å². The van der Waals surface area contributed by atoms with Crippen LogP contribution < -0.4 is 26.2 Å². The Balaban J connectivity index is 0.000000176. The number of hydrogen-bond acceptors (Lipinski definition) is 14. The molecule has 4 saturated heterocycles. The van der Waals surface area contributed by atoms with Crippen LogP contribution in [0.15, 0.2) is 61.2 Å². The number of fused-ring (bicyclic) bond motifs is 2. The first-order valence-corrected chi connectivity index (χ1v) is 25.7. The van der Waals surface area contributed by atoms with Gasteiger partial charge in [0.15, 0.2) is 11.3 Å². The molecule has 10 rings (SSSR count). The summed E-state index contributed by atoms with van der Waals surface area (Å²) in [4.78, 5) is 60.2. The lowest BCUT2D eigenvalue weighted by Crippen LogP contribution is -2.40. The number of aromatic carboxylic acids is 1. The van der Waals surface area contributed by atoms with Crippen molar-refractivity contribution in [1.29, 1.82) is 0 Å². The lowest BCUT2D eigenvalue weighted by Gasteiger charge is -2.34. The predicted molar refractivity (Wildman–Crippen MR) is 283 cm³/mol. The Labute approximate surface area is 429 Å². The molecule has 19 nitrogen and oxygen atoms in total. The molecule has 0 aliphatic carbocycles. The summed E-state index contributed by atoms with van der Waals surface area (Å²) in [6.45, 7) is 18.9. The number of anilines is 2. The van der Waals surface area contributed by atoms with Crippen LogP contribution in [0.5, 0.6) is 0 Å². The van der Waals surface area contributed by atoms with Crippen molar-refractivity contribution >= 4 is 40.9 Å². The van der Waals surface area contributed by atoms with E-state index >= 15 is 0 Å². The molecule has 4 aliphatic rings. The minimum Gasteiger partial charge on any atom is -0.477 e. The Morgan fingerprint density at radius 3 is 1.95 bits per heavy atom. The molecule has 4 fully saturated rings. The predicted octanol–water partition coefficient (Wildman–Crippen LogP) is 7.83. The molecule has 10 heterocycles. The van der Waals surface area contributed by atoms with Crippen molar-refractivity contribution in [3.63, 3.8) is 0 Å². The zero-order chi connectivity index (χ0) is 51.1. The van der Waals surface area contributed by atoms with E-state index in [1.807, 2.05) is 72.1 Å². The number of rotatable bonds is 9. The Kier molecular flexibility index (Phi) is 17.7. The Bertz CT molecular complexity index is 2850. The van der Waals surface area contributed by atoms with Gasteiger partial charge in [-0.3, -0.25) is 9.78 Å². The van der Waals surface area contributed by atoms with Gasteiger partial charge in [-0.2, -0.15) is 10.2 Å². The van der Waals surface area contributed by atoms with Gasteiger partial charge in [0.2, 0.25) is 0 Å². The number of carboxylic acid groups (broad SMARTS) is 1. The van der Waals surface area contributed by atoms with Crippen LogP contribution in [0.3, 0.4) is 0 Å². The van der Waals surface area contributed by atoms with Crippen LogP contribution in [0.1, 0.15) is 160 Å².